The van der Waals surface area contributed by atoms with Gasteiger partial charge in [0.2, 0.25) is 0 Å². The largest absolute Gasteiger partial charge is 0.421 e. The van der Waals surface area contributed by atoms with Crippen molar-refractivity contribution in [3.8, 4) is 0 Å². The molecule has 0 fully saturated rings. The highest BCUT2D eigenvalue weighted by Gasteiger charge is 2.74. The van der Waals surface area contributed by atoms with E-state index in [-0.39, 0.29) is 11.3 Å². The van der Waals surface area contributed by atoms with Crippen LogP contribution in [0.1, 0.15) is 5.56 Å². The fourth-order valence-corrected chi connectivity index (χ4v) is 1.49. The highest BCUT2D eigenvalue weighted by Crippen LogP contribution is 2.50. The van der Waals surface area contributed by atoms with Gasteiger partial charge in [-0.25, -0.2) is 4.39 Å². The standard InChI is InChI=1S/C11H7BrF7NO/c1-5-4-6(13)2-3-7(5)20-8(21)9(12,10(14,15)16)11(17,18)19/h2-4H,1H3,(H,20,21). The maximum atomic E-state index is 12.8. The average Bonchev–Trinajstić information content (AvgIpc) is 2.28. The van der Waals surface area contributed by atoms with Crippen LogP contribution in [0.5, 0.6) is 0 Å². The molecule has 0 saturated carbocycles. The van der Waals surface area contributed by atoms with Crippen LogP contribution in [0.4, 0.5) is 36.4 Å². The zero-order valence-electron chi connectivity index (χ0n) is 10.2. The Kier molecular flexibility index (Phi) is 4.62. The Morgan fingerprint density at radius 3 is 1.95 bits per heavy atom. The Morgan fingerprint density at radius 2 is 1.57 bits per heavy atom. The van der Waals surface area contributed by atoms with Gasteiger partial charge in [0.15, 0.2) is 0 Å². The van der Waals surface area contributed by atoms with E-state index in [1.807, 2.05) is 0 Å². The van der Waals surface area contributed by atoms with E-state index < -0.39 is 28.4 Å². The average molecular weight is 382 g/mol. The monoisotopic (exact) mass is 381 g/mol. The van der Waals surface area contributed by atoms with Crippen molar-refractivity contribution < 1.29 is 35.5 Å². The number of anilines is 1. The van der Waals surface area contributed by atoms with E-state index in [1.54, 1.807) is 0 Å². The molecule has 1 amide bonds. The summed E-state index contributed by atoms with van der Waals surface area (Å²) in [6.45, 7) is 1.22. The third kappa shape index (κ3) is 3.30. The van der Waals surface area contributed by atoms with Crippen molar-refractivity contribution in [3.63, 3.8) is 0 Å². The zero-order chi connectivity index (χ0) is 16.6. The zero-order valence-corrected chi connectivity index (χ0v) is 11.8. The van der Waals surface area contributed by atoms with Crippen molar-refractivity contribution >= 4 is 27.5 Å². The van der Waals surface area contributed by atoms with Crippen LogP contribution in [-0.2, 0) is 4.79 Å². The lowest BCUT2D eigenvalue weighted by atomic mass is 10.1. The SMILES string of the molecule is Cc1cc(F)ccc1NC(=O)C(Br)(C(F)(F)F)C(F)(F)F. The summed E-state index contributed by atoms with van der Waals surface area (Å²) in [6.07, 6.45) is -11.8. The first kappa shape index (κ1) is 17.7. The molecule has 0 spiro atoms. The van der Waals surface area contributed by atoms with Crippen LogP contribution in [0.2, 0.25) is 0 Å². The fraction of sp³-hybridized carbons (Fsp3) is 0.364. The summed E-state index contributed by atoms with van der Waals surface area (Å²) >= 11 is 1.45. The smallest absolute Gasteiger partial charge is 0.324 e. The van der Waals surface area contributed by atoms with Crippen molar-refractivity contribution in [2.24, 2.45) is 0 Å². The molecule has 118 valence electrons. The first-order valence-electron chi connectivity index (χ1n) is 5.20. The molecule has 0 unspecified atom stereocenters. The number of benzene rings is 1. The number of halogens is 8. The van der Waals surface area contributed by atoms with E-state index in [0.29, 0.717) is 0 Å². The molecule has 0 aliphatic heterocycles. The molecular weight excluding hydrogens is 375 g/mol. The molecule has 2 nitrogen and oxygen atoms in total. The predicted molar refractivity (Wildman–Crippen MR) is 63.5 cm³/mol. The molecule has 0 heterocycles. The van der Waals surface area contributed by atoms with E-state index in [2.05, 4.69) is 0 Å². The number of carbonyl (C=O) groups is 1. The van der Waals surface area contributed by atoms with E-state index in [9.17, 15) is 35.5 Å². The van der Waals surface area contributed by atoms with Gasteiger partial charge in [-0.1, -0.05) is 15.9 Å². The molecule has 0 aromatic heterocycles. The Balaban J connectivity index is 3.20. The summed E-state index contributed by atoms with van der Waals surface area (Å²) in [5.74, 6) is -3.11. The first-order valence-corrected chi connectivity index (χ1v) is 6.00. The van der Waals surface area contributed by atoms with Gasteiger partial charge in [0.1, 0.15) is 5.82 Å². The Morgan fingerprint density at radius 1 is 1.10 bits per heavy atom. The van der Waals surface area contributed by atoms with Crippen LogP contribution >= 0.6 is 15.9 Å². The summed E-state index contributed by atoms with van der Waals surface area (Å²) < 4.78 is 83.8. The minimum absolute atomic E-state index is 0.0254. The highest BCUT2D eigenvalue weighted by molar-refractivity contribution is 9.10. The van der Waals surface area contributed by atoms with Crippen molar-refractivity contribution in [1.82, 2.24) is 0 Å². The summed E-state index contributed by atoms with van der Waals surface area (Å²) in [4.78, 5) is 11.5. The molecule has 1 N–H and O–H groups in total. The van der Waals surface area contributed by atoms with E-state index >= 15 is 0 Å². The Bertz CT molecular complexity index is 538. The van der Waals surface area contributed by atoms with Gasteiger partial charge < -0.3 is 5.32 Å². The van der Waals surface area contributed by atoms with E-state index in [1.165, 1.54) is 28.2 Å². The summed E-state index contributed by atoms with van der Waals surface area (Å²) in [5, 5.41) is 1.50. The number of alkyl halides is 7. The van der Waals surface area contributed by atoms with Crippen LogP contribution in [0.15, 0.2) is 18.2 Å². The predicted octanol–water partition coefficient (Wildman–Crippen LogP) is 4.33. The highest BCUT2D eigenvalue weighted by atomic mass is 79.9. The molecule has 0 atom stereocenters. The van der Waals surface area contributed by atoms with Gasteiger partial charge in [-0.2, -0.15) is 26.3 Å². The molecule has 10 heteroatoms. The van der Waals surface area contributed by atoms with Crippen molar-refractivity contribution in [2.45, 2.75) is 23.6 Å². The lowest BCUT2D eigenvalue weighted by Crippen LogP contribution is -2.59. The van der Waals surface area contributed by atoms with Gasteiger partial charge in [-0.05, 0) is 30.7 Å². The van der Waals surface area contributed by atoms with Crippen LogP contribution in [0.3, 0.4) is 0 Å². The molecule has 0 aliphatic rings. The Labute approximate surface area is 122 Å². The van der Waals surface area contributed by atoms with Crippen LogP contribution in [0.25, 0.3) is 0 Å². The lowest BCUT2D eigenvalue weighted by molar-refractivity contribution is -0.253. The second kappa shape index (κ2) is 5.47. The molecule has 0 aliphatic carbocycles. The van der Waals surface area contributed by atoms with Crippen molar-refractivity contribution in [1.29, 1.82) is 0 Å². The summed E-state index contributed by atoms with van der Waals surface area (Å²) in [7, 11) is 0. The molecular formula is C11H7BrF7NO. The second-order valence-electron chi connectivity index (χ2n) is 4.07. The Hall–Kier alpha value is -1.32. The lowest BCUT2D eigenvalue weighted by Gasteiger charge is -2.30. The fourth-order valence-electron chi connectivity index (χ4n) is 1.39. The molecule has 0 bridgehead atoms. The third-order valence-corrected chi connectivity index (χ3v) is 3.79. The number of hydrogen-bond donors (Lipinski definition) is 1. The number of carbonyl (C=O) groups excluding carboxylic acids is 1. The molecule has 1 rings (SSSR count). The maximum absolute atomic E-state index is 12.8. The van der Waals surface area contributed by atoms with Crippen molar-refractivity contribution in [3.05, 3.63) is 29.6 Å². The van der Waals surface area contributed by atoms with Crippen LogP contribution in [-0.4, -0.2) is 22.6 Å². The van der Waals surface area contributed by atoms with Gasteiger partial charge in [0.05, 0.1) is 0 Å². The van der Waals surface area contributed by atoms with Crippen LogP contribution < -0.4 is 5.32 Å². The van der Waals surface area contributed by atoms with Gasteiger partial charge in [-0.15, -0.1) is 0 Å². The number of amides is 1. The second-order valence-corrected chi connectivity index (χ2v) is 5.26. The first-order chi connectivity index (χ1) is 9.30. The van der Waals surface area contributed by atoms with Crippen LogP contribution in [0, 0.1) is 12.7 Å². The maximum Gasteiger partial charge on any atom is 0.421 e. The number of nitrogens with one attached hydrogen (secondary N) is 1. The number of aryl methyl sites for hydroxylation is 1. The van der Waals surface area contributed by atoms with Gasteiger partial charge in [0, 0.05) is 5.69 Å². The van der Waals surface area contributed by atoms with E-state index in [4.69, 9.17) is 0 Å². The molecule has 0 radical (unpaired) electrons. The van der Waals surface area contributed by atoms with E-state index in [0.717, 1.165) is 18.2 Å². The third-order valence-electron chi connectivity index (χ3n) is 2.53. The summed E-state index contributed by atoms with van der Waals surface area (Å²) in [5.41, 5.74) is -0.388. The minimum atomic E-state index is -5.91. The molecule has 21 heavy (non-hydrogen) atoms. The van der Waals surface area contributed by atoms with Crippen molar-refractivity contribution in [2.75, 3.05) is 5.32 Å². The summed E-state index contributed by atoms with van der Waals surface area (Å²) in [6, 6.07) is 2.51. The van der Waals surface area contributed by atoms with Gasteiger partial charge >= 0.3 is 12.4 Å². The number of rotatable bonds is 2. The normalized spacial score (nSPS) is 13.2. The molecule has 1 aromatic rings. The molecule has 0 saturated heterocycles. The van der Waals surface area contributed by atoms with Gasteiger partial charge in [0.25, 0.3) is 10.2 Å². The molecule has 1 aromatic carbocycles. The quantitative estimate of drug-likeness (QED) is 0.599. The number of hydrogen-bond acceptors (Lipinski definition) is 1. The topological polar surface area (TPSA) is 29.1 Å². The minimum Gasteiger partial charge on any atom is -0.324 e. The van der Waals surface area contributed by atoms with Gasteiger partial charge in [-0.3, -0.25) is 4.79 Å².